The first-order valence-electron chi connectivity index (χ1n) is 9.26. The Hall–Kier alpha value is -2.70. The maximum absolute atomic E-state index is 6.47. The maximum atomic E-state index is 6.47. The molecule has 0 fully saturated rings. The molecule has 2 atom stereocenters. The number of rotatable bonds is 4. The van der Waals surface area contributed by atoms with Crippen molar-refractivity contribution in [3.63, 3.8) is 0 Å². The van der Waals surface area contributed by atoms with E-state index < -0.39 is 6.23 Å². The standard InChI is InChI=1S/C22H19ClN2O3S/c1-26-19-11-13(10-15(23)21(19)27-2)22-25-17(14-6-3-4-7-18(14)28-22)12-16(24-25)20-8-5-9-29-20/h3-11,17,22H,12H2,1-2H3/t17-,22-/m1/s1. The van der Waals surface area contributed by atoms with Gasteiger partial charge in [0, 0.05) is 17.5 Å². The SMILES string of the molecule is COc1cc([C@H]2Oc3ccccc3[C@H]3CC(c4cccs4)=NN32)cc(Cl)c1OC. The molecule has 0 amide bonds. The van der Waals surface area contributed by atoms with Crippen LogP contribution in [0.4, 0.5) is 0 Å². The van der Waals surface area contributed by atoms with Crippen molar-refractivity contribution < 1.29 is 14.2 Å². The van der Waals surface area contributed by atoms with Gasteiger partial charge in [0.2, 0.25) is 6.23 Å². The Morgan fingerprint density at radius 2 is 2.00 bits per heavy atom. The number of nitrogens with zero attached hydrogens (tertiary/aromatic N) is 2. The number of benzene rings is 2. The summed E-state index contributed by atoms with van der Waals surface area (Å²) in [6.07, 6.45) is 0.419. The normalized spacial score (nSPS) is 19.8. The van der Waals surface area contributed by atoms with Crippen LogP contribution in [0.2, 0.25) is 5.02 Å². The number of hydrazone groups is 1. The Balaban J connectivity index is 1.62. The minimum Gasteiger partial charge on any atom is -0.493 e. The second-order valence-corrected chi connectivity index (χ2v) is 8.23. The highest BCUT2D eigenvalue weighted by Gasteiger charge is 2.41. The van der Waals surface area contributed by atoms with Crippen LogP contribution in [-0.2, 0) is 0 Å². The Morgan fingerprint density at radius 3 is 2.76 bits per heavy atom. The van der Waals surface area contributed by atoms with E-state index in [9.17, 15) is 0 Å². The van der Waals surface area contributed by atoms with Crippen LogP contribution in [-0.4, -0.2) is 24.9 Å². The zero-order valence-corrected chi connectivity index (χ0v) is 17.5. The molecule has 0 aliphatic carbocycles. The van der Waals surface area contributed by atoms with Crippen molar-refractivity contribution in [2.45, 2.75) is 18.7 Å². The van der Waals surface area contributed by atoms with Crippen molar-refractivity contribution in [3.05, 3.63) is 74.9 Å². The van der Waals surface area contributed by atoms with Gasteiger partial charge in [-0.15, -0.1) is 11.3 Å². The number of ether oxygens (including phenoxy) is 3. The zero-order chi connectivity index (χ0) is 20.0. The molecule has 5 rings (SSSR count). The molecule has 3 aromatic rings. The molecule has 0 spiro atoms. The highest BCUT2D eigenvalue weighted by atomic mass is 35.5. The quantitative estimate of drug-likeness (QED) is 0.539. The van der Waals surface area contributed by atoms with E-state index in [2.05, 4.69) is 23.6 Å². The number of methoxy groups -OCH3 is 2. The summed E-state index contributed by atoms with van der Waals surface area (Å²) in [7, 11) is 3.17. The number of para-hydroxylation sites is 1. The monoisotopic (exact) mass is 426 g/mol. The summed E-state index contributed by atoms with van der Waals surface area (Å²) in [6.45, 7) is 0. The smallest absolute Gasteiger partial charge is 0.214 e. The van der Waals surface area contributed by atoms with Gasteiger partial charge in [-0.25, -0.2) is 5.01 Å². The fourth-order valence-electron chi connectivity index (χ4n) is 3.93. The van der Waals surface area contributed by atoms with Gasteiger partial charge in [0.25, 0.3) is 0 Å². The van der Waals surface area contributed by atoms with Crippen molar-refractivity contribution in [1.29, 1.82) is 0 Å². The molecule has 7 heteroatoms. The molecule has 0 saturated heterocycles. The number of hydrogen-bond donors (Lipinski definition) is 0. The minimum absolute atomic E-state index is 0.105. The Labute approximate surface area is 178 Å². The van der Waals surface area contributed by atoms with Crippen LogP contribution in [0.15, 0.2) is 59.0 Å². The predicted molar refractivity (Wildman–Crippen MR) is 114 cm³/mol. The zero-order valence-electron chi connectivity index (χ0n) is 16.0. The molecular formula is C22H19ClN2O3S. The van der Waals surface area contributed by atoms with E-state index in [1.807, 2.05) is 35.3 Å². The van der Waals surface area contributed by atoms with Crippen molar-refractivity contribution in [2.75, 3.05) is 14.2 Å². The van der Waals surface area contributed by atoms with Gasteiger partial charge in [-0.2, -0.15) is 5.10 Å². The van der Waals surface area contributed by atoms with Gasteiger partial charge in [-0.1, -0.05) is 35.9 Å². The summed E-state index contributed by atoms with van der Waals surface area (Å²) >= 11 is 8.17. The molecule has 0 bridgehead atoms. The third-order valence-corrected chi connectivity index (χ3v) is 6.45. The molecular weight excluding hydrogens is 408 g/mol. The van der Waals surface area contributed by atoms with E-state index >= 15 is 0 Å². The van der Waals surface area contributed by atoms with Gasteiger partial charge in [0.15, 0.2) is 11.5 Å². The molecule has 5 nitrogen and oxygen atoms in total. The van der Waals surface area contributed by atoms with E-state index in [-0.39, 0.29) is 6.04 Å². The van der Waals surface area contributed by atoms with Crippen molar-refractivity contribution >= 4 is 28.6 Å². The Bertz CT molecular complexity index is 1080. The number of hydrogen-bond acceptors (Lipinski definition) is 6. The Morgan fingerprint density at radius 1 is 1.14 bits per heavy atom. The third-order valence-electron chi connectivity index (χ3n) is 5.25. The van der Waals surface area contributed by atoms with Gasteiger partial charge >= 0.3 is 0 Å². The largest absolute Gasteiger partial charge is 0.493 e. The van der Waals surface area contributed by atoms with Crippen LogP contribution in [0.1, 0.15) is 34.7 Å². The topological polar surface area (TPSA) is 43.3 Å². The summed E-state index contributed by atoms with van der Waals surface area (Å²) in [4.78, 5) is 1.18. The van der Waals surface area contributed by atoms with Crippen LogP contribution in [0.5, 0.6) is 17.2 Å². The third kappa shape index (κ3) is 3.03. The molecule has 0 unspecified atom stereocenters. The van der Waals surface area contributed by atoms with E-state index in [1.54, 1.807) is 25.6 Å². The van der Waals surface area contributed by atoms with E-state index in [0.29, 0.717) is 16.5 Å². The fraction of sp³-hybridized carbons (Fsp3) is 0.227. The highest BCUT2D eigenvalue weighted by molar-refractivity contribution is 7.12. The molecule has 0 radical (unpaired) electrons. The molecule has 0 saturated carbocycles. The summed E-state index contributed by atoms with van der Waals surface area (Å²) in [6, 6.07) is 16.2. The molecule has 2 aromatic carbocycles. The van der Waals surface area contributed by atoms with Gasteiger partial charge in [0.05, 0.1) is 35.9 Å². The predicted octanol–water partition coefficient (Wildman–Crippen LogP) is 5.66. The van der Waals surface area contributed by atoms with Gasteiger partial charge in [0.1, 0.15) is 5.75 Å². The fourth-order valence-corrected chi connectivity index (χ4v) is 4.94. The number of fused-ring (bicyclic) bond motifs is 3. The number of halogens is 1. The lowest BCUT2D eigenvalue weighted by molar-refractivity contribution is -0.0191. The molecule has 3 heterocycles. The minimum atomic E-state index is -0.412. The first-order valence-corrected chi connectivity index (χ1v) is 10.5. The number of thiophene rings is 1. The second-order valence-electron chi connectivity index (χ2n) is 6.87. The van der Waals surface area contributed by atoms with Crippen molar-refractivity contribution in [1.82, 2.24) is 5.01 Å². The highest BCUT2D eigenvalue weighted by Crippen LogP contribution is 2.49. The average Bonchev–Trinajstić information content (AvgIpc) is 3.42. The summed E-state index contributed by atoms with van der Waals surface area (Å²) in [5.41, 5.74) is 3.08. The van der Waals surface area contributed by atoms with Crippen LogP contribution < -0.4 is 14.2 Å². The molecule has 148 valence electrons. The lowest BCUT2D eigenvalue weighted by Gasteiger charge is -2.38. The lowest BCUT2D eigenvalue weighted by atomic mass is 9.97. The molecule has 1 aromatic heterocycles. The first kappa shape index (κ1) is 18.3. The first-order chi connectivity index (χ1) is 14.2. The van der Waals surface area contributed by atoms with Crippen LogP contribution in [0, 0.1) is 0 Å². The van der Waals surface area contributed by atoms with Crippen molar-refractivity contribution in [3.8, 4) is 17.2 Å². The molecule has 0 N–H and O–H groups in total. The Kier molecular flexibility index (Phi) is 4.60. The lowest BCUT2D eigenvalue weighted by Crippen LogP contribution is -2.33. The van der Waals surface area contributed by atoms with Gasteiger partial charge in [-0.3, -0.25) is 0 Å². The summed E-state index contributed by atoms with van der Waals surface area (Å²) in [5, 5.41) is 9.54. The van der Waals surface area contributed by atoms with Gasteiger partial charge < -0.3 is 14.2 Å². The molecule has 2 aliphatic heterocycles. The van der Waals surface area contributed by atoms with E-state index in [0.717, 1.165) is 29.0 Å². The van der Waals surface area contributed by atoms with E-state index in [1.165, 1.54) is 4.88 Å². The summed E-state index contributed by atoms with van der Waals surface area (Å²) in [5.74, 6) is 1.94. The van der Waals surface area contributed by atoms with Crippen molar-refractivity contribution in [2.24, 2.45) is 5.10 Å². The van der Waals surface area contributed by atoms with Crippen LogP contribution in [0.25, 0.3) is 0 Å². The van der Waals surface area contributed by atoms with Crippen LogP contribution in [0.3, 0.4) is 0 Å². The van der Waals surface area contributed by atoms with Gasteiger partial charge in [-0.05, 0) is 29.6 Å². The average molecular weight is 427 g/mol. The molecule has 2 aliphatic rings. The summed E-state index contributed by atoms with van der Waals surface area (Å²) < 4.78 is 17.3. The maximum Gasteiger partial charge on any atom is 0.214 e. The van der Waals surface area contributed by atoms with E-state index in [4.69, 9.17) is 30.9 Å². The van der Waals surface area contributed by atoms with Crippen LogP contribution >= 0.6 is 22.9 Å². The second kappa shape index (κ2) is 7.28. The molecule has 29 heavy (non-hydrogen) atoms.